The summed E-state index contributed by atoms with van der Waals surface area (Å²) in [6.45, 7) is 1.70. The third-order valence-corrected chi connectivity index (χ3v) is 12.5. The van der Waals surface area contributed by atoms with E-state index in [0.29, 0.717) is 45.2 Å². The number of carbonyl (C=O) groups excluding carboxylic acids is 4. The fourth-order valence-electron chi connectivity index (χ4n) is 8.86. The molecule has 3 fully saturated rings. The monoisotopic (exact) mass is 886 g/mol. The summed E-state index contributed by atoms with van der Waals surface area (Å²) in [5.41, 5.74) is 2.43. The summed E-state index contributed by atoms with van der Waals surface area (Å²) in [7, 11) is 0. The molecular weight excluding hydrogens is 859 g/mol. The van der Waals surface area contributed by atoms with Gasteiger partial charge in [-0.1, -0.05) is 59.1 Å². The highest BCUT2D eigenvalue weighted by Gasteiger charge is 2.70. The molecular formula is C39H28Cl2F3IN4O5. The molecule has 1 saturated carbocycles. The van der Waals surface area contributed by atoms with Gasteiger partial charge in [0, 0.05) is 20.7 Å². The molecule has 0 bridgehead atoms. The molecule has 1 aromatic heterocycles. The molecule has 2 N–H and O–H groups in total. The van der Waals surface area contributed by atoms with Crippen molar-refractivity contribution in [2.24, 2.45) is 23.7 Å². The highest BCUT2D eigenvalue weighted by Crippen LogP contribution is 2.64. The smallest absolute Gasteiger partial charge is 0.417 e. The summed E-state index contributed by atoms with van der Waals surface area (Å²) in [5.74, 6) is -6.85. The number of imide groups is 2. The third kappa shape index (κ3) is 5.52. The molecule has 9 nitrogen and oxygen atoms in total. The Labute approximate surface area is 330 Å². The number of benzene rings is 3. The van der Waals surface area contributed by atoms with Crippen LogP contribution < -0.4 is 10.3 Å². The van der Waals surface area contributed by atoms with Gasteiger partial charge in [-0.25, -0.2) is 4.98 Å². The van der Waals surface area contributed by atoms with Crippen LogP contribution in [0.1, 0.15) is 41.0 Å². The van der Waals surface area contributed by atoms with Crippen LogP contribution in [0.2, 0.25) is 10.0 Å². The lowest BCUT2D eigenvalue weighted by molar-refractivity contribution is -0.139. The van der Waals surface area contributed by atoms with Crippen LogP contribution in [0, 0.1) is 34.2 Å². The van der Waals surface area contributed by atoms with Crippen molar-refractivity contribution < 1.29 is 37.5 Å². The first-order chi connectivity index (χ1) is 25.6. The first-order valence-corrected chi connectivity index (χ1v) is 18.7. The summed E-state index contributed by atoms with van der Waals surface area (Å²) in [5, 5.41) is 11.2. The van der Waals surface area contributed by atoms with E-state index in [1.165, 1.54) is 11.0 Å². The van der Waals surface area contributed by atoms with Gasteiger partial charge in [0.05, 0.1) is 39.4 Å². The summed E-state index contributed by atoms with van der Waals surface area (Å²) in [6, 6.07) is 19.1. The number of aryl methyl sites for hydroxylation is 1. The van der Waals surface area contributed by atoms with Gasteiger partial charge in [-0.2, -0.15) is 18.2 Å². The van der Waals surface area contributed by atoms with Crippen LogP contribution in [0.5, 0.6) is 5.75 Å². The molecule has 2 aliphatic carbocycles. The first kappa shape index (κ1) is 36.5. The van der Waals surface area contributed by atoms with Crippen LogP contribution in [0.15, 0.2) is 90.6 Å². The maximum atomic E-state index is 15.3. The van der Waals surface area contributed by atoms with E-state index < -0.39 is 69.5 Å². The van der Waals surface area contributed by atoms with Crippen LogP contribution in [0.3, 0.4) is 0 Å². The third-order valence-electron chi connectivity index (χ3n) is 11.2. The van der Waals surface area contributed by atoms with E-state index in [2.05, 4.69) is 33.0 Å². The lowest BCUT2D eigenvalue weighted by Crippen LogP contribution is -2.53. The fourth-order valence-corrected chi connectivity index (χ4v) is 9.55. The zero-order valence-corrected chi connectivity index (χ0v) is 31.7. The van der Waals surface area contributed by atoms with Gasteiger partial charge in [0.25, 0.3) is 11.8 Å². The number of halogens is 6. The number of hydrogen-bond donors (Lipinski definition) is 2. The summed E-state index contributed by atoms with van der Waals surface area (Å²) in [4.78, 5) is 63.5. The second kappa shape index (κ2) is 13.1. The molecule has 8 rings (SSSR count). The topological polar surface area (TPSA) is 120 Å². The van der Waals surface area contributed by atoms with Crippen LogP contribution in [0.25, 0.3) is 0 Å². The Morgan fingerprint density at radius 3 is 2.28 bits per heavy atom. The van der Waals surface area contributed by atoms with Gasteiger partial charge < -0.3 is 5.11 Å². The van der Waals surface area contributed by atoms with E-state index in [9.17, 15) is 32.7 Å². The number of alkyl halides is 3. The van der Waals surface area contributed by atoms with Crippen LogP contribution in [-0.4, -0.2) is 38.7 Å². The number of nitrogens with one attached hydrogen (secondary N) is 1. The van der Waals surface area contributed by atoms with Crippen molar-refractivity contribution in [3.05, 3.63) is 127 Å². The SMILES string of the molecule is Cc1cc([C@H]2C3=CC[C@@H]4C(=O)N(c5ccc(I)cc5)C(=O)[C@@H]4[C@@H]3C[C@H]3C(=O)N(Nc4ncc(C(F)(F)F)cc4Cl)C(=O)[C@@]23c2ccc(Cl)cc2)ccc1O. The quantitative estimate of drug-likeness (QED) is 0.118. The number of hydrazine groups is 1. The summed E-state index contributed by atoms with van der Waals surface area (Å²) >= 11 is 14.7. The van der Waals surface area contributed by atoms with Crippen molar-refractivity contribution in [1.29, 1.82) is 0 Å². The molecule has 2 saturated heterocycles. The van der Waals surface area contributed by atoms with Gasteiger partial charge in [-0.05, 0) is 113 Å². The Kier molecular flexibility index (Phi) is 8.85. The number of aromatic hydroxyl groups is 1. The zero-order chi connectivity index (χ0) is 38.4. The lowest BCUT2D eigenvalue weighted by atomic mass is 9.49. The average Bonchev–Trinajstić information content (AvgIpc) is 3.51. The number of phenolic OH excluding ortho intramolecular Hbond substituents is 1. The molecule has 0 unspecified atom stereocenters. The highest BCUT2D eigenvalue weighted by atomic mass is 127. The van der Waals surface area contributed by atoms with Crippen molar-refractivity contribution in [2.45, 2.75) is 37.3 Å². The molecule has 2 aliphatic heterocycles. The zero-order valence-electron chi connectivity index (χ0n) is 28.1. The van der Waals surface area contributed by atoms with Crippen molar-refractivity contribution in [1.82, 2.24) is 9.99 Å². The lowest BCUT2D eigenvalue weighted by Gasteiger charge is -2.50. The van der Waals surface area contributed by atoms with Crippen molar-refractivity contribution in [3.63, 3.8) is 0 Å². The summed E-state index contributed by atoms with van der Waals surface area (Å²) in [6.07, 6.45) is -2.11. The molecule has 276 valence electrons. The number of allylic oxidation sites excluding steroid dienone is 2. The molecule has 3 heterocycles. The molecule has 15 heteroatoms. The van der Waals surface area contributed by atoms with E-state index in [1.807, 2.05) is 6.08 Å². The molecule has 3 aromatic carbocycles. The Morgan fingerprint density at radius 2 is 1.63 bits per heavy atom. The number of anilines is 2. The largest absolute Gasteiger partial charge is 0.508 e. The van der Waals surface area contributed by atoms with Gasteiger partial charge in [0.15, 0.2) is 5.82 Å². The molecule has 54 heavy (non-hydrogen) atoms. The van der Waals surface area contributed by atoms with E-state index in [-0.39, 0.29) is 30.3 Å². The molecule has 4 aliphatic rings. The number of amides is 4. The minimum absolute atomic E-state index is 0.00533. The molecule has 6 atom stereocenters. The maximum Gasteiger partial charge on any atom is 0.417 e. The Bertz CT molecular complexity index is 2300. The maximum absolute atomic E-state index is 15.3. The Morgan fingerprint density at radius 1 is 0.926 bits per heavy atom. The number of carbonyl (C=O) groups is 4. The summed E-state index contributed by atoms with van der Waals surface area (Å²) < 4.78 is 41.3. The van der Waals surface area contributed by atoms with Gasteiger partial charge in [-0.3, -0.25) is 29.5 Å². The number of phenols is 1. The number of aromatic nitrogens is 1. The minimum atomic E-state index is -4.74. The van der Waals surface area contributed by atoms with Crippen molar-refractivity contribution in [3.8, 4) is 5.75 Å². The molecule has 0 spiro atoms. The number of nitrogens with zero attached hydrogens (tertiary/aromatic N) is 3. The fraction of sp³-hybridized carbons (Fsp3) is 0.256. The number of hydrogen-bond acceptors (Lipinski definition) is 7. The Hall–Kier alpha value is -4.47. The van der Waals surface area contributed by atoms with Crippen LogP contribution >= 0.6 is 45.8 Å². The predicted molar refractivity (Wildman–Crippen MR) is 201 cm³/mol. The van der Waals surface area contributed by atoms with E-state index in [0.717, 1.165) is 8.58 Å². The normalized spacial score (nSPS) is 26.4. The van der Waals surface area contributed by atoms with E-state index in [1.54, 1.807) is 67.6 Å². The average molecular weight is 887 g/mol. The molecule has 4 aromatic rings. The van der Waals surface area contributed by atoms with E-state index >= 15 is 4.79 Å². The van der Waals surface area contributed by atoms with Crippen molar-refractivity contribution in [2.75, 3.05) is 10.3 Å². The molecule has 0 radical (unpaired) electrons. The second-order valence-corrected chi connectivity index (χ2v) is 16.0. The molecule has 4 amide bonds. The van der Waals surface area contributed by atoms with Gasteiger partial charge in [0.1, 0.15) is 5.75 Å². The van der Waals surface area contributed by atoms with E-state index in [4.69, 9.17) is 23.2 Å². The number of pyridine rings is 1. The van der Waals surface area contributed by atoms with Crippen LogP contribution in [-0.2, 0) is 30.8 Å². The highest BCUT2D eigenvalue weighted by molar-refractivity contribution is 14.1. The standard InChI is InChI=1S/C39H28Cl2F3IN4O5/c1-18-14-19(2-13-30(18)50)32-25-11-12-26-31(36(53)48(34(26)51)24-9-7-23(45)8-10-24)27(25)16-28-35(52)49(37(54)38(28,32)20-3-5-22(40)6-4-20)47-33-29(41)15-21(17-46-33)39(42,43)44/h2-11,13-15,17,26-28,31-32,50H,12,16H2,1H3,(H,46,47)/t26-,27+,28-,31-,32-,38+/m0/s1. The van der Waals surface area contributed by atoms with Gasteiger partial charge >= 0.3 is 6.18 Å². The minimum Gasteiger partial charge on any atom is -0.508 e. The van der Waals surface area contributed by atoms with Crippen molar-refractivity contribution >= 4 is 80.9 Å². The number of fused-ring (bicyclic) bond motifs is 4. The Balaban J connectivity index is 1.31. The van der Waals surface area contributed by atoms with Gasteiger partial charge in [0.2, 0.25) is 11.8 Å². The predicted octanol–water partition coefficient (Wildman–Crippen LogP) is 8.22. The number of rotatable bonds is 5. The second-order valence-electron chi connectivity index (χ2n) is 14.0. The van der Waals surface area contributed by atoms with Crippen LogP contribution in [0.4, 0.5) is 24.7 Å². The first-order valence-electron chi connectivity index (χ1n) is 16.9. The van der Waals surface area contributed by atoms with Gasteiger partial charge in [-0.15, -0.1) is 0 Å².